The summed E-state index contributed by atoms with van der Waals surface area (Å²) < 4.78 is 7.87. The van der Waals surface area contributed by atoms with Gasteiger partial charge in [-0.05, 0) is 38.2 Å². The summed E-state index contributed by atoms with van der Waals surface area (Å²) in [7, 11) is 0. The number of anilines is 1. The quantitative estimate of drug-likeness (QED) is 0.626. The van der Waals surface area contributed by atoms with Gasteiger partial charge < -0.3 is 9.84 Å². The number of fused-ring (bicyclic) bond motifs is 4. The molecule has 0 saturated heterocycles. The van der Waals surface area contributed by atoms with E-state index in [0.29, 0.717) is 10.3 Å². The van der Waals surface area contributed by atoms with Crippen molar-refractivity contribution in [3.8, 4) is 11.1 Å². The second-order valence-electron chi connectivity index (χ2n) is 7.45. The zero-order valence-corrected chi connectivity index (χ0v) is 17.4. The van der Waals surface area contributed by atoms with Crippen LogP contribution in [0.4, 0.5) is 10.6 Å². The van der Waals surface area contributed by atoms with E-state index in [4.69, 9.17) is 4.74 Å². The Hall–Kier alpha value is -3.13. The van der Waals surface area contributed by atoms with Crippen LogP contribution >= 0.6 is 15.9 Å². The Morgan fingerprint density at radius 1 is 1.07 bits per heavy atom. The summed E-state index contributed by atoms with van der Waals surface area (Å²) in [5, 5.41) is 13.6. The van der Waals surface area contributed by atoms with Crippen LogP contribution in [0.1, 0.15) is 17.0 Å². The highest BCUT2D eigenvalue weighted by Crippen LogP contribution is 2.44. The van der Waals surface area contributed by atoms with Gasteiger partial charge in [0.2, 0.25) is 0 Å². The molecule has 1 aromatic heterocycles. The summed E-state index contributed by atoms with van der Waals surface area (Å²) in [6.45, 7) is 0.423. The number of aromatic nitrogens is 2. The average Bonchev–Trinajstić information content (AvgIpc) is 3.29. The molecule has 2 aromatic carbocycles. The van der Waals surface area contributed by atoms with E-state index in [2.05, 4.69) is 45.3 Å². The Kier molecular flexibility index (Phi) is 4.58. The largest absolute Gasteiger partial charge is 0.481 e. The predicted octanol–water partition coefficient (Wildman–Crippen LogP) is 4.12. The molecule has 0 spiro atoms. The van der Waals surface area contributed by atoms with Gasteiger partial charge in [0.15, 0.2) is 5.82 Å². The molecule has 8 heteroatoms. The molecule has 0 radical (unpaired) electrons. The molecule has 1 amide bonds. The minimum absolute atomic E-state index is 0.0380. The third-order valence-electron chi connectivity index (χ3n) is 5.73. The Labute approximate surface area is 181 Å². The van der Waals surface area contributed by atoms with Gasteiger partial charge in [0.25, 0.3) is 0 Å². The number of carboxylic acid groups (broad SMARTS) is 1. The molecule has 30 heavy (non-hydrogen) atoms. The lowest BCUT2D eigenvalue weighted by molar-refractivity contribution is -0.142. The summed E-state index contributed by atoms with van der Waals surface area (Å²) in [4.78, 5) is 25.9. The topological polar surface area (TPSA) is 84.7 Å². The molecule has 0 fully saturated rings. The fourth-order valence-corrected chi connectivity index (χ4v) is 4.83. The van der Waals surface area contributed by atoms with E-state index in [9.17, 15) is 14.7 Å². The first-order valence-corrected chi connectivity index (χ1v) is 10.4. The van der Waals surface area contributed by atoms with Crippen molar-refractivity contribution in [3.63, 3.8) is 0 Å². The fraction of sp³-hybridized carbons (Fsp3) is 0.227. The van der Waals surface area contributed by atoms with Crippen LogP contribution in [0.25, 0.3) is 11.1 Å². The number of hydrogen-bond donors (Lipinski definition) is 1. The van der Waals surface area contributed by atoms with Crippen molar-refractivity contribution in [2.75, 3.05) is 18.1 Å². The maximum atomic E-state index is 13.0. The van der Waals surface area contributed by atoms with Crippen molar-refractivity contribution in [2.24, 2.45) is 5.92 Å². The second-order valence-corrected chi connectivity index (χ2v) is 8.30. The van der Waals surface area contributed by atoms with E-state index < -0.39 is 18.0 Å². The summed E-state index contributed by atoms with van der Waals surface area (Å²) >= 11 is 3.40. The smallest absolute Gasteiger partial charge is 0.415 e. The van der Waals surface area contributed by atoms with Gasteiger partial charge in [0.05, 0.1) is 23.1 Å². The van der Waals surface area contributed by atoms with Gasteiger partial charge in [0, 0.05) is 12.5 Å². The molecule has 1 aliphatic carbocycles. The van der Waals surface area contributed by atoms with Crippen LogP contribution in [-0.4, -0.2) is 40.1 Å². The number of ether oxygens (including phenoxy) is 1. The van der Waals surface area contributed by atoms with Gasteiger partial charge in [-0.1, -0.05) is 48.5 Å². The van der Waals surface area contributed by atoms with Crippen molar-refractivity contribution in [1.82, 2.24) is 9.78 Å². The summed E-state index contributed by atoms with van der Waals surface area (Å²) in [6, 6.07) is 16.2. The number of benzene rings is 2. The van der Waals surface area contributed by atoms with Gasteiger partial charge in [-0.15, -0.1) is 0 Å². The molecule has 0 bridgehead atoms. The van der Waals surface area contributed by atoms with Crippen molar-refractivity contribution in [3.05, 3.63) is 70.3 Å². The maximum absolute atomic E-state index is 13.0. The Morgan fingerprint density at radius 3 is 2.33 bits per heavy atom. The van der Waals surface area contributed by atoms with Crippen LogP contribution in [0.15, 0.2) is 59.2 Å². The fourth-order valence-electron chi connectivity index (χ4n) is 4.32. The first-order chi connectivity index (χ1) is 14.5. The second kappa shape index (κ2) is 7.28. The summed E-state index contributed by atoms with van der Waals surface area (Å²) in [5.74, 6) is -1.26. The number of carbonyl (C=O) groups is 2. The van der Waals surface area contributed by atoms with Gasteiger partial charge in [-0.3, -0.25) is 9.69 Å². The van der Waals surface area contributed by atoms with Crippen LogP contribution in [0.3, 0.4) is 0 Å². The molecule has 7 nitrogen and oxygen atoms in total. The van der Waals surface area contributed by atoms with Gasteiger partial charge in [-0.2, -0.15) is 5.10 Å². The predicted molar refractivity (Wildman–Crippen MR) is 113 cm³/mol. The molecular formula is C22H18BrN3O4. The highest BCUT2D eigenvalue weighted by Gasteiger charge is 2.36. The lowest BCUT2D eigenvalue weighted by atomic mass is 9.98. The van der Waals surface area contributed by atoms with Gasteiger partial charge >= 0.3 is 12.1 Å². The molecule has 2 heterocycles. The van der Waals surface area contributed by atoms with Crippen LogP contribution < -0.4 is 4.90 Å². The van der Waals surface area contributed by atoms with Gasteiger partial charge in [0.1, 0.15) is 6.61 Å². The number of rotatable bonds is 3. The summed E-state index contributed by atoms with van der Waals surface area (Å²) in [6.07, 6.45) is 0.980. The number of amides is 1. The Bertz CT molecular complexity index is 1110. The molecule has 1 N–H and O–H groups in total. The maximum Gasteiger partial charge on any atom is 0.415 e. The summed E-state index contributed by atoms with van der Waals surface area (Å²) in [5.41, 5.74) is 4.55. The lowest BCUT2D eigenvalue weighted by Crippen LogP contribution is -2.45. The van der Waals surface area contributed by atoms with E-state index in [0.717, 1.165) is 22.3 Å². The van der Waals surface area contributed by atoms with Crippen molar-refractivity contribution < 1.29 is 19.4 Å². The van der Waals surface area contributed by atoms with Crippen LogP contribution in [-0.2, 0) is 16.1 Å². The van der Waals surface area contributed by atoms with E-state index >= 15 is 0 Å². The first kappa shape index (κ1) is 18.9. The van der Waals surface area contributed by atoms with E-state index in [1.807, 2.05) is 24.3 Å². The minimum Gasteiger partial charge on any atom is -0.481 e. The highest BCUT2D eigenvalue weighted by molar-refractivity contribution is 9.10. The minimum atomic E-state index is -0.969. The first-order valence-electron chi connectivity index (χ1n) is 9.61. The normalized spacial score (nSPS) is 17.2. The molecular weight excluding hydrogens is 450 g/mol. The molecule has 3 aromatic rings. The molecule has 2 aliphatic rings. The monoisotopic (exact) mass is 467 g/mol. The number of carboxylic acids is 1. The number of nitrogens with zero attached hydrogens (tertiary/aromatic N) is 3. The van der Waals surface area contributed by atoms with Gasteiger partial charge in [-0.25, -0.2) is 9.48 Å². The van der Waals surface area contributed by atoms with Crippen LogP contribution in [0, 0.1) is 5.92 Å². The number of aliphatic carboxylic acids is 1. The Morgan fingerprint density at radius 2 is 1.70 bits per heavy atom. The van der Waals surface area contributed by atoms with Crippen molar-refractivity contribution in [2.45, 2.75) is 12.5 Å². The zero-order valence-electron chi connectivity index (χ0n) is 15.9. The number of halogens is 1. The zero-order chi connectivity index (χ0) is 20.8. The van der Waals surface area contributed by atoms with E-state index in [-0.39, 0.29) is 25.6 Å². The standard InChI is InChI=1S/C22H18BrN3O4/c23-19-9-24-26-11-13(21(27)28)10-25(20(19)26)22(29)30-12-18-16-7-3-1-5-14(16)15-6-2-4-8-17(15)18/h1-9,13,18H,10-12H2,(H,27,28). The van der Waals surface area contributed by atoms with Crippen molar-refractivity contribution >= 4 is 33.8 Å². The molecule has 5 rings (SSSR count). The molecule has 1 unspecified atom stereocenters. The van der Waals surface area contributed by atoms with Crippen LogP contribution in [0.5, 0.6) is 0 Å². The van der Waals surface area contributed by atoms with Crippen LogP contribution in [0.2, 0.25) is 0 Å². The number of hydrogen-bond acceptors (Lipinski definition) is 4. The molecule has 1 aliphatic heterocycles. The molecule has 152 valence electrons. The molecule has 0 saturated carbocycles. The van der Waals surface area contributed by atoms with E-state index in [1.54, 1.807) is 6.20 Å². The lowest BCUT2D eigenvalue weighted by Gasteiger charge is -2.31. The SMILES string of the molecule is O=C(O)C1CN(C(=O)OCC2c3ccccc3-c3ccccc32)c2c(Br)cnn2C1. The number of carbonyl (C=O) groups excluding carboxylic acids is 1. The van der Waals surface area contributed by atoms with E-state index in [1.165, 1.54) is 9.58 Å². The molecule has 1 atom stereocenters. The van der Waals surface area contributed by atoms with Crippen molar-refractivity contribution in [1.29, 1.82) is 0 Å². The average molecular weight is 468 g/mol. The highest BCUT2D eigenvalue weighted by atomic mass is 79.9. The third kappa shape index (κ3) is 2.99. The Balaban J connectivity index is 1.40. The third-order valence-corrected chi connectivity index (χ3v) is 6.29.